The standard InChI is InChI=1S/C34H39ClN4O2S/c1-24-36-31-12-6-7-13-32(31)39(24)28-21-26-15-16-27(22-28)38(26)20-19-34(18-17-25-9-3-4-10-29(25)34)23-37(2)42(40,41)33-14-8-5-11-30(33)35/h3-14,26-28H,15-23H2,1-2H3/t26-,27+,28?,34?. The van der Waals surface area contributed by atoms with Crippen LogP contribution >= 0.6 is 11.6 Å². The van der Waals surface area contributed by atoms with Gasteiger partial charge in [-0.05, 0) is 93.8 Å². The van der Waals surface area contributed by atoms with Gasteiger partial charge >= 0.3 is 0 Å². The molecule has 0 spiro atoms. The Balaban J connectivity index is 1.13. The minimum Gasteiger partial charge on any atom is -0.325 e. The number of rotatable bonds is 8. The van der Waals surface area contributed by atoms with E-state index in [0.29, 0.717) is 24.7 Å². The summed E-state index contributed by atoms with van der Waals surface area (Å²) in [6, 6.07) is 25.5. The number of likely N-dealkylation sites (N-methyl/N-ethyl adjacent to an activating group) is 1. The van der Waals surface area contributed by atoms with Crippen LogP contribution in [-0.4, -0.2) is 59.4 Å². The maximum absolute atomic E-state index is 13.7. The van der Waals surface area contributed by atoms with Crippen LogP contribution in [0.5, 0.6) is 0 Å². The van der Waals surface area contributed by atoms with Crippen LogP contribution < -0.4 is 0 Å². The van der Waals surface area contributed by atoms with Crippen LogP contribution in [0.2, 0.25) is 5.02 Å². The third-order valence-electron chi connectivity index (χ3n) is 10.4. The molecule has 1 aromatic heterocycles. The van der Waals surface area contributed by atoms with Crippen LogP contribution in [0.1, 0.15) is 61.5 Å². The number of sulfonamides is 1. The quantitative estimate of drug-likeness (QED) is 0.224. The number of halogens is 1. The Bertz CT molecular complexity index is 1720. The predicted octanol–water partition coefficient (Wildman–Crippen LogP) is 6.76. The number of fused-ring (bicyclic) bond motifs is 4. The largest absolute Gasteiger partial charge is 0.325 e. The molecule has 2 unspecified atom stereocenters. The summed E-state index contributed by atoms with van der Waals surface area (Å²) in [7, 11) is -2.01. The average Bonchev–Trinajstić information content (AvgIpc) is 3.59. The lowest BCUT2D eigenvalue weighted by molar-refractivity contribution is 0.0949. The monoisotopic (exact) mass is 602 g/mol. The van der Waals surface area contributed by atoms with E-state index in [-0.39, 0.29) is 15.3 Å². The first kappa shape index (κ1) is 28.1. The van der Waals surface area contributed by atoms with E-state index in [1.54, 1.807) is 35.6 Å². The van der Waals surface area contributed by atoms with Gasteiger partial charge in [-0.3, -0.25) is 4.90 Å². The number of nitrogens with zero attached hydrogens (tertiary/aromatic N) is 4. The van der Waals surface area contributed by atoms with Gasteiger partial charge in [-0.25, -0.2) is 13.4 Å². The minimum absolute atomic E-state index is 0.179. The van der Waals surface area contributed by atoms with Crippen molar-refractivity contribution >= 4 is 32.7 Å². The van der Waals surface area contributed by atoms with Crippen LogP contribution in [0.15, 0.2) is 77.7 Å². The molecular formula is C34H39ClN4O2S. The fourth-order valence-electron chi connectivity index (χ4n) is 8.39. The second kappa shape index (κ2) is 10.8. The molecule has 2 fully saturated rings. The first-order valence-corrected chi connectivity index (χ1v) is 17.1. The Labute approximate surface area is 254 Å². The van der Waals surface area contributed by atoms with E-state index >= 15 is 0 Å². The van der Waals surface area contributed by atoms with Crippen molar-refractivity contribution in [1.82, 2.24) is 18.8 Å². The Morgan fingerprint density at radius 1 is 0.952 bits per heavy atom. The summed E-state index contributed by atoms with van der Waals surface area (Å²) in [5, 5.41) is 0.269. The van der Waals surface area contributed by atoms with Crippen molar-refractivity contribution in [2.24, 2.45) is 0 Å². The van der Waals surface area contributed by atoms with Gasteiger partial charge in [-0.15, -0.1) is 0 Å². The van der Waals surface area contributed by atoms with Crippen LogP contribution in [-0.2, 0) is 21.9 Å². The molecule has 6 nitrogen and oxygen atoms in total. The van der Waals surface area contributed by atoms with Crippen molar-refractivity contribution in [3.8, 4) is 0 Å². The predicted molar refractivity (Wildman–Crippen MR) is 169 cm³/mol. The summed E-state index contributed by atoms with van der Waals surface area (Å²) in [6.07, 6.45) is 7.63. The summed E-state index contributed by atoms with van der Waals surface area (Å²) < 4.78 is 31.4. The topological polar surface area (TPSA) is 58.4 Å². The third kappa shape index (κ3) is 4.69. The molecule has 220 valence electrons. The lowest BCUT2D eigenvalue weighted by Gasteiger charge is -2.42. The molecule has 3 aromatic carbocycles. The van der Waals surface area contributed by atoms with Gasteiger partial charge in [0.25, 0.3) is 0 Å². The summed E-state index contributed by atoms with van der Waals surface area (Å²) in [6.45, 7) is 3.58. The van der Waals surface area contributed by atoms with Crippen molar-refractivity contribution in [2.75, 3.05) is 20.1 Å². The molecule has 2 bridgehead atoms. The molecule has 3 aliphatic rings. The van der Waals surface area contributed by atoms with Gasteiger partial charge in [-0.1, -0.05) is 60.1 Å². The van der Waals surface area contributed by atoms with E-state index in [2.05, 4.69) is 64.9 Å². The molecule has 2 aliphatic heterocycles. The highest BCUT2D eigenvalue weighted by atomic mass is 35.5. The first-order chi connectivity index (χ1) is 20.3. The molecule has 0 amide bonds. The zero-order valence-electron chi connectivity index (χ0n) is 24.4. The van der Waals surface area contributed by atoms with E-state index in [0.717, 1.165) is 50.0 Å². The zero-order chi connectivity index (χ0) is 29.1. The molecular weight excluding hydrogens is 564 g/mol. The fraction of sp³-hybridized carbons (Fsp3) is 0.441. The van der Waals surface area contributed by atoms with Crippen molar-refractivity contribution in [2.45, 2.75) is 80.3 Å². The maximum atomic E-state index is 13.7. The summed E-state index contributed by atoms with van der Waals surface area (Å²) in [5.74, 6) is 1.11. The number of imidazole rings is 1. The van der Waals surface area contributed by atoms with Crippen molar-refractivity contribution in [3.63, 3.8) is 0 Å². The van der Waals surface area contributed by atoms with Gasteiger partial charge in [0.2, 0.25) is 10.0 Å². The van der Waals surface area contributed by atoms with Crippen LogP contribution in [0, 0.1) is 6.92 Å². The summed E-state index contributed by atoms with van der Waals surface area (Å²) >= 11 is 6.36. The van der Waals surface area contributed by atoms with Crippen molar-refractivity contribution in [1.29, 1.82) is 0 Å². The molecule has 0 N–H and O–H groups in total. The zero-order valence-corrected chi connectivity index (χ0v) is 26.0. The second-order valence-corrected chi connectivity index (χ2v) is 15.1. The number of aromatic nitrogens is 2. The van der Waals surface area contributed by atoms with Gasteiger partial charge in [0, 0.05) is 37.1 Å². The maximum Gasteiger partial charge on any atom is 0.244 e. The average molecular weight is 603 g/mol. The van der Waals surface area contributed by atoms with E-state index in [1.807, 2.05) is 0 Å². The molecule has 4 aromatic rings. The fourth-order valence-corrected chi connectivity index (χ4v) is 10.1. The van der Waals surface area contributed by atoms with Crippen LogP contribution in [0.4, 0.5) is 0 Å². The molecule has 3 heterocycles. The molecule has 42 heavy (non-hydrogen) atoms. The van der Waals surface area contributed by atoms with E-state index < -0.39 is 10.0 Å². The minimum atomic E-state index is -3.73. The van der Waals surface area contributed by atoms with Crippen LogP contribution in [0.3, 0.4) is 0 Å². The Morgan fingerprint density at radius 3 is 2.43 bits per heavy atom. The highest BCUT2D eigenvalue weighted by molar-refractivity contribution is 7.89. The van der Waals surface area contributed by atoms with Gasteiger partial charge in [0.15, 0.2) is 0 Å². The van der Waals surface area contributed by atoms with Crippen molar-refractivity contribution < 1.29 is 8.42 Å². The normalized spacial score (nSPS) is 25.9. The SMILES string of the molecule is Cc1nc2ccccc2n1C1C[C@H]2CC[C@@H](C1)N2CCC1(CN(C)S(=O)(=O)c2ccccc2Cl)CCc2ccccc21. The first-order valence-electron chi connectivity index (χ1n) is 15.3. The third-order valence-corrected chi connectivity index (χ3v) is 12.7. The van der Waals surface area contributed by atoms with Gasteiger partial charge in [-0.2, -0.15) is 4.31 Å². The summed E-state index contributed by atoms with van der Waals surface area (Å²) in [4.78, 5) is 7.80. The highest BCUT2D eigenvalue weighted by Crippen LogP contribution is 2.46. The lowest BCUT2D eigenvalue weighted by atomic mass is 9.78. The lowest BCUT2D eigenvalue weighted by Crippen LogP contribution is -2.47. The Morgan fingerprint density at radius 2 is 1.64 bits per heavy atom. The molecule has 2 saturated heterocycles. The van der Waals surface area contributed by atoms with E-state index in [4.69, 9.17) is 16.6 Å². The smallest absolute Gasteiger partial charge is 0.244 e. The van der Waals surface area contributed by atoms with Gasteiger partial charge < -0.3 is 4.57 Å². The Kier molecular flexibility index (Phi) is 7.21. The number of para-hydroxylation sites is 2. The number of aryl methyl sites for hydroxylation is 2. The number of piperidine rings is 1. The molecule has 1 aliphatic carbocycles. The van der Waals surface area contributed by atoms with Crippen molar-refractivity contribution in [3.05, 3.63) is 94.8 Å². The van der Waals surface area contributed by atoms with Crippen LogP contribution in [0.25, 0.3) is 11.0 Å². The molecule has 0 radical (unpaired) electrons. The Hall–Kier alpha value is -2.71. The second-order valence-electron chi connectivity index (χ2n) is 12.6. The molecule has 8 heteroatoms. The molecule has 7 rings (SSSR count). The highest BCUT2D eigenvalue weighted by Gasteiger charge is 2.46. The molecule has 4 atom stereocenters. The van der Waals surface area contributed by atoms with Gasteiger partial charge in [0.1, 0.15) is 10.7 Å². The van der Waals surface area contributed by atoms with E-state index in [1.165, 1.54) is 29.5 Å². The van der Waals surface area contributed by atoms with Gasteiger partial charge in [0.05, 0.1) is 16.1 Å². The van der Waals surface area contributed by atoms with E-state index in [9.17, 15) is 8.42 Å². The number of hydrogen-bond donors (Lipinski definition) is 0. The molecule has 0 saturated carbocycles. The number of benzene rings is 3. The summed E-state index contributed by atoms with van der Waals surface area (Å²) in [5.41, 5.74) is 4.77. The number of hydrogen-bond acceptors (Lipinski definition) is 4.